The van der Waals surface area contributed by atoms with Gasteiger partial charge in [0.2, 0.25) is 0 Å². The van der Waals surface area contributed by atoms with Crippen molar-refractivity contribution in [1.29, 1.82) is 0 Å². The molecule has 0 aliphatic carbocycles. The van der Waals surface area contributed by atoms with Crippen LogP contribution in [0.25, 0.3) is 0 Å². The molecular formula is C12H22BrN3O2. The molecule has 1 aromatic rings. The van der Waals surface area contributed by atoms with E-state index in [1.54, 1.807) is 13.3 Å². The van der Waals surface area contributed by atoms with Gasteiger partial charge in [-0.05, 0) is 41.7 Å². The second kappa shape index (κ2) is 7.23. The van der Waals surface area contributed by atoms with E-state index in [4.69, 9.17) is 10.5 Å². The van der Waals surface area contributed by atoms with Crippen LogP contribution >= 0.6 is 15.9 Å². The van der Waals surface area contributed by atoms with Gasteiger partial charge in [-0.15, -0.1) is 0 Å². The topological polar surface area (TPSA) is 73.3 Å². The predicted octanol–water partition coefficient (Wildman–Crippen LogP) is 1.63. The Morgan fingerprint density at radius 3 is 2.89 bits per heavy atom. The van der Waals surface area contributed by atoms with E-state index in [-0.39, 0.29) is 6.61 Å². The normalized spacial score (nSPS) is 14.7. The number of aliphatic hydroxyl groups is 1. The van der Waals surface area contributed by atoms with E-state index in [0.29, 0.717) is 13.0 Å². The minimum absolute atomic E-state index is 0.237. The third kappa shape index (κ3) is 3.54. The van der Waals surface area contributed by atoms with E-state index in [1.165, 1.54) is 0 Å². The first-order valence-electron chi connectivity index (χ1n) is 6.22. The van der Waals surface area contributed by atoms with E-state index < -0.39 is 5.60 Å². The van der Waals surface area contributed by atoms with Crippen LogP contribution < -0.4 is 5.73 Å². The van der Waals surface area contributed by atoms with Gasteiger partial charge in [-0.2, -0.15) is 5.10 Å². The van der Waals surface area contributed by atoms with Crippen LogP contribution in [-0.4, -0.2) is 35.1 Å². The molecule has 0 radical (unpaired) electrons. The Hall–Kier alpha value is -0.430. The summed E-state index contributed by atoms with van der Waals surface area (Å²) < 4.78 is 7.81. The standard InChI is InChI=1S/C12H22BrN3O2/c1-3-7-16-11(10(13)8-15-16)12(17,9-18-2)5-4-6-14/h8,17H,3-7,9,14H2,1-2H3. The van der Waals surface area contributed by atoms with Gasteiger partial charge < -0.3 is 15.6 Å². The number of ether oxygens (including phenoxy) is 1. The number of hydrogen-bond acceptors (Lipinski definition) is 4. The molecule has 0 spiro atoms. The molecule has 1 heterocycles. The summed E-state index contributed by atoms with van der Waals surface area (Å²) in [6.07, 6.45) is 3.98. The number of nitrogens with two attached hydrogens (primary N) is 1. The first-order chi connectivity index (χ1) is 8.59. The molecule has 1 unspecified atom stereocenters. The SMILES string of the molecule is CCCn1ncc(Br)c1C(O)(CCCN)COC. The molecule has 104 valence electrons. The van der Waals surface area contributed by atoms with Crippen molar-refractivity contribution in [1.82, 2.24) is 9.78 Å². The number of aromatic nitrogens is 2. The molecule has 0 saturated heterocycles. The van der Waals surface area contributed by atoms with Crippen LogP contribution in [0.1, 0.15) is 31.9 Å². The summed E-state index contributed by atoms with van der Waals surface area (Å²) in [6, 6.07) is 0. The van der Waals surface area contributed by atoms with Crippen LogP contribution in [0.4, 0.5) is 0 Å². The zero-order chi connectivity index (χ0) is 13.6. The predicted molar refractivity (Wildman–Crippen MR) is 74.3 cm³/mol. The molecule has 1 aromatic heterocycles. The van der Waals surface area contributed by atoms with Crippen molar-refractivity contribution in [2.75, 3.05) is 20.3 Å². The van der Waals surface area contributed by atoms with Gasteiger partial charge >= 0.3 is 0 Å². The molecule has 0 fully saturated rings. The van der Waals surface area contributed by atoms with Gasteiger partial charge in [0.15, 0.2) is 0 Å². The minimum atomic E-state index is -1.04. The summed E-state index contributed by atoms with van der Waals surface area (Å²) in [5, 5.41) is 15.1. The molecule has 0 aromatic carbocycles. The molecule has 0 saturated carbocycles. The molecule has 1 rings (SSSR count). The molecule has 0 aliphatic rings. The highest BCUT2D eigenvalue weighted by Gasteiger charge is 2.34. The monoisotopic (exact) mass is 319 g/mol. The van der Waals surface area contributed by atoms with Crippen molar-refractivity contribution in [2.24, 2.45) is 5.73 Å². The van der Waals surface area contributed by atoms with Gasteiger partial charge in [0.1, 0.15) is 5.60 Å². The van der Waals surface area contributed by atoms with Crippen LogP contribution in [0, 0.1) is 0 Å². The van der Waals surface area contributed by atoms with E-state index in [2.05, 4.69) is 28.0 Å². The summed E-state index contributed by atoms with van der Waals surface area (Å²) in [5.41, 5.74) is 5.27. The highest BCUT2D eigenvalue weighted by molar-refractivity contribution is 9.10. The molecular weight excluding hydrogens is 298 g/mol. The molecule has 0 bridgehead atoms. The van der Waals surface area contributed by atoms with Crippen molar-refractivity contribution < 1.29 is 9.84 Å². The van der Waals surface area contributed by atoms with Crippen molar-refractivity contribution in [3.8, 4) is 0 Å². The van der Waals surface area contributed by atoms with Crippen LogP contribution in [0.15, 0.2) is 10.7 Å². The second-order valence-corrected chi connectivity index (χ2v) is 5.28. The van der Waals surface area contributed by atoms with Crippen LogP contribution in [0.5, 0.6) is 0 Å². The average molecular weight is 320 g/mol. The lowest BCUT2D eigenvalue weighted by molar-refractivity contribution is -0.0497. The van der Waals surface area contributed by atoms with Crippen molar-refractivity contribution >= 4 is 15.9 Å². The Labute approximate surface area is 116 Å². The second-order valence-electron chi connectivity index (χ2n) is 4.42. The van der Waals surface area contributed by atoms with E-state index in [0.717, 1.165) is 29.6 Å². The molecule has 18 heavy (non-hydrogen) atoms. The quantitative estimate of drug-likeness (QED) is 0.763. The van der Waals surface area contributed by atoms with E-state index in [9.17, 15) is 5.11 Å². The Kier molecular flexibility index (Phi) is 6.28. The van der Waals surface area contributed by atoms with Crippen LogP contribution in [0.2, 0.25) is 0 Å². The zero-order valence-corrected chi connectivity index (χ0v) is 12.6. The largest absolute Gasteiger partial charge is 0.381 e. The first kappa shape index (κ1) is 15.6. The van der Waals surface area contributed by atoms with E-state index >= 15 is 0 Å². The van der Waals surface area contributed by atoms with Crippen LogP contribution in [0.3, 0.4) is 0 Å². The van der Waals surface area contributed by atoms with Gasteiger partial charge in [0, 0.05) is 13.7 Å². The van der Waals surface area contributed by atoms with Crippen molar-refractivity contribution in [3.05, 3.63) is 16.4 Å². The fourth-order valence-electron chi connectivity index (χ4n) is 2.10. The van der Waals surface area contributed by atoms with E-state index in [1.807, 2.05) is 4.68 Å². The summed E-state index contributed by atoms with van der Waals surface area (Å²) in [5.74, 6) is 0. The number of aryl methyl sites for hydroxylation is 1. The van der Waals surface area contributed by atoms with Crippen LogP contribution in [-0.2, 0) is 16.9 Å². The number of methoxy groups -OCH3 is 1. The lowest BCUT2D eigenvalue weighted by atomic mass is 9.94. The summed E-state index contributed by atoms with van der Waals surface area (Å²) in [4.78, 5) is 0. The minimum Gasteiger partial charge on any atom is -0.381 e. The maximum absolute atomic E-state index is 10.8. The molecule has 5 nitrogen and oxygen atoms in total. The highest BCUT2D eigenvalue weighted by atomic mass is 79.9. The first-order valence-corrected chi connectivity index (χ1v) is 7.01. The number of halogens is 1. The number of nitrogens with zero attached hydrogens (tertiary/aromatic N) is 2. The molecule has 0 amide bonds. The maximum Gasteiger partial charge on any atom is 0.130 e. The summed E-state index contributed by atoms with van der Waals surface area (Å²) in [7, 11) is 1.59. The zero-order valence-electron chi connectivity index (χ0n) is 11.0. The highest BCUT2D eigenvalue weighted by Crippen LogP contribution is 2.32. The molecule has 6 heteroatoms. The smallest absolute Gasteiger partial charge is 0.130 e. The fraction of sp³-hybridized carbons (Fsp3) is 0.750. The lowest BCUT2D eigenvalue weighted by Gasteiger charge is -2.28. The third-order valence-electron chi connectivity index (χ3n) is 2.85. The summed E-state index contributed by atoms with van der Waals surface area (Å²) >= 11 is 3.45. The Morgan fingerprint density at radius 1 is 1.61 bits per heavy atom. The van der Waals surface area contributed by atoms with Crippen molar-refractivity contribution in [3.63, 3.8) is 0 Å². The Morgan fingerprint density at radius 2 is 2.33 bits per heavy atom. The summed E-state index contributed by atoms with van der Waals surface area (Å²) in [6.45, 7) is 3.64. The van der Waals surface area contributed by atoms with Gasteiger partial charge in [-0.3, -0.25) is 4.68 Å². The van der Waals surface area contributed by atoms with Gasteiger partial charge in [-0.25, -0.2) is 0 Å². The number of hydrogen-bond donors (Lipinski definition) is 2. The van der Waals surface area contributed by atoms with Gasteiger partial charge in [0.05, 0.1) is 23.0 Å². The Bertz CT molecular complexity index is 370. The third-order valence-corrected chi connectivity index (χ3v) is 3.43. The molecule has 0 aliphatic heterocycles. The Balaban J connectivity index is 3.06. The molecule has 3 N–H and O–H groups in total. The maximum atomic E-state index is 10.8. The lowest BCUT2D eigenvalue weighted by Crippen LogP contribution is -2.35. The van der Waals surface area contributed by atoms with Crippen molar-refractivity contribution in [2.45, 2.75) is 38.3 Å². The number of rotatable bonds is 8. The molecule has 1 atom stereocenters. The fourth-order valence-corrected chi connectivity index (χ4v) is 2.76. The average Bonchev–Trinajstić information content (AvgIpc) is 2.69. The van der Waals surface area contributed by atoms with Gasteiger partial charge in [0.25, 0.3) is 0 Å². The van der Waals surface area contributed by atoms with Gasteiger partial charge in [-0.1, -0.05) is 6.92 Å².